The van der Waals surface area contributed by atoms with Gasteiger partial charge >= 0.3 is 6.18 Å². The van der Waals surface area contributed by atoms with E-state index < -0.39 is 17.8 Å². The fourth-order valence-corrected chi connectivity index (χ4v) is 2.83. The Balaban J connectivity index is 2.22. The first kappa shape index (κ1) is 14.3. The average Bonchev–Trinajstić information content (AvgIpc) is 2.38. The van der Waals surface area contributed by atoms with Crippen LogP contribution in [0.3, 0.4) is 0 Å². The number of alkyl halides is 3. The monoisotopic (exact) mass is 272 g/mol. The zero-order chi connectivity index (χ0) is 14.0. The zero-order valence-electron chi connectivity index (χ0n) is 11.0. The third-order valence-electron chi connectivity index (χ3n) is 4.08. The Kier molecular flexibility index (Phi) is 4.13. The van der Waals surface area contributed by atoms with Crippen LogP contribution in [0, 0.1) is 11.8 Å². The molecule has 19 heavy (non-hydrogen) atoms. The van der Waals surface area contributed by atoms with Gasteiger partial charge in [0.05, 0.1) is 5.56 Å². The molecule has 1 aromatic rings. The van der Waals surface area contributed by atoms with Crippen molar-refractivity contribution in [2.75, 3.05) is 0 Å². The van der Waals surface area contributed by atoms with Crippen molar-refractivity contribution in [2.45, 2.75) is 44.8 Å². The first-order valence-electron chi connectivity index (χ1n) is 6.66. The van der Waals surface area contributed by atoms with Crippen molar-refractivity contribution in [1.29, 1.82) is 0 Å². The standard InChI is InChI=1S/C14H19F3N2/c1-9-2-4-10(5-3-9)13(18)11-8-19-7-6-12(11)14(15,16)17/h6-10,13H,2-5,18H2,1H3. The van der Waals surface area contributed by atoms with Gasteiger partial charge in [0.2, 0.25) is 0 Å². The van der Waals surface area contributed by atoms with E-state index in [9.17, 15) is 13.2 Å². The normalized spacial score (nSPS) is 26.2. The highest BCUT2D eigenvalue weighted by molar-refractivity contribution is 5.29. The van der Waals surface area contributed by atoms with Gasteiger partial charge in [-0.25, -0.2) is 0 Å². The SMILES string of the molecule is CC1CCC(C(N)c2cnccc2C(F)(F)F)CC1. The number of hydrogen-bond acceptors (Lipinski definition) is 2. The van der Waals surface area contributed by atoms with Gasteiger partial charge in [0.25, 0.3) is 0 Å². The predicted molar refractivity (Wildman–Crippen MR) is 67.3 cm³/mol. The summed E-state index contributed by atoms with van der Waals surface area (Å²) in [5.74, 6) is 0.779. The Hall–Kier alpha value is -1.10. The van der Waals surface area contributed by atoms with Gasteiger partial charge in [0, 0.05) is 18.4 Å². The van der Waals surface area contributed by atoms with E-state index in [1.807, 2.05) is 0 Å². The van der Waals surface area contributed by atoms with E-state index in [4.69, 9.17) is 5.73 Å². The first-order valence-corrected chi connectivity index (χ1v) is 6.66. The summed E-state index contributed by atoms with van der Waals surface area (Å²) < 4.78 is 38.9. The van der Waals surface area contributed by atoms with Crippen LogP contribution in [0.25, 0.3) is 0 Å². The topological polar surface area (TPSA) is 38.9 Å². The summed E-state index contributed by atoms with van der Waals surface area (Å²) in [6.45, 7) is 2.17. The second-order valence-corrected chi connectivity index (χ2v) is 5.51. The van der Waals surface area contributed by atoms with E-state index in [0.717, 1.165) is 31.7 Å². The molecule has 1 unspecified atom stereocenters. The number of rotatable bonds is 2. The summed E-state index contributed by atoms with van der Waals surface area (Å²) in [6, 6.07) is 0.443. The van der Waals surface area contributed by atoms with Crippen LogP contribution in [0.2, 0.25) is 0 Å². The summed E-state index contributed by atoms with van der Waals surface area (Å²) in [5, 5.41) is 0. The lowest BCUT2D eigenvalue weighted by atomic mass is 9.77. The van der Waals surface area contributed by atoms with Crippen LogP contribution in [0.1, 0.15) is 49.8 Å². The van der Waals surface area contributed by atoms with Gasteiger partial charge < -0.3 is 5.73 Å². The van der Waals surface area contributed by atoms with Gasteiger partial charge in [-0.05, 0) is 36.3 Å². The van der Waals surface area contributed by atoms with E-state index in [1.54, 1.807) is 0 Å². The molecule has 1 fully saturated rings. The molecule has 1 aliphatic carbocycles. The summed E-state index contributed by atoms with van der Waals surface area (Å²) in [4.78, 5) is 3.81. The van der Waals surface area contributed by atoms with Crippen molar-refractivity contribution in [2.24, 2.45) is 17.6 Å². The second-order valence-electron chi connectivity index (χ2n) is 5.51. The van der Waals surface area contributed by atoms with Crippen LogP contribution >= 0.6 is 0 Å². The molecule has 1 aliphatic rings. The Morgan fingerprint density at radius 2 is 1.89 bits per heavy atom. The van der Waals surface area contributed by atoms with Crippen molar-refractivity contribution in [3.63, 3.8) is 0 Å². The molecule has 1 aromatic heterocycles. The van der Waals surface area contributed by atoms with Crippen molar-refractivity contribution >= 4 is 0 Å². The minimum atomic E-state index is -4.36. The minimum Gasteiger partial charge on any atom is -0.324 e. The Labute approximate surface area is 111 Å². The highest BCUT2D eigenvalue weighted by Crippen LogP contribution is 2.40. The average molecular weight is 272 g/mol. The first-order chi connectivity index (χ1) is 8.89. The van der Waals surface area contributed by atoms with Gasteiger partial charge in [-0.2, -0.15) is 13.2 Å². The number of nitrogens with zero attached hydrogens (tertiary/aromatic N) is 1. The minimum absolute atomic E-state index is 0.126. The van der Waals surface area contributed by atoms with Crippen LogP contribution in [0.5, 0.6) is 0 Å². The summed E-state index contributed by atoms with van der Waals surface area (Å²) in [6.07, 6.45) is 1.95. The van der Waals surface area contributed by atoms with Gasteiger partial charge in [-0.3, -0.25) is 4.98 Å². The second kappa shape index (κ2) is 5.49. The third kappa shape index (κ3) is 3.26. The molecule has 1 heterocycles. The lowest BCUT2D eigenvalue weighted by molar-refractivity contribution is -0.138. The molecule has 106 valence electrons. The van der Waals surface area contributed by atoms with E-state index in [0.29, 0.717) is 5.92 Å². The highest BCUT2D eigenvalue weighted by atomic mass is 19.4. The fourth-order valence-electron chi connectivity index (χ4n) is 2.83. The van der Waals surface area contributed by atoms with Crippen molar-refractivity contribution in [3.8, 4) is 0 Å². The highest BCUT2D eigenvalue weighted by Gasteiger charge is 2.36. The zero-order valence-corrected chi connectivity index (χ0v) is 11.0. The molecule has 0 aliphatic heterocycles. The quantitative estimate of drug-likeness (QED) is 0.886. The molecule has 2 nitrogen and oxygen atoms in total. The molecule has 2 N–H and O–H groups in total. The van der Waals surface area contributed by atoms with Crippen molar-refractivity contribution in [3.05, 3.63) is 29.6 Å². The van der Waals surface area contributed by atoms with Crippen LogP contribution in [0.15, 0.2) is 18.5 Å². The van der Waals surface area contributed by atoms with Crippen molar-refractivity contribution in [1.82, 2.24) is 4.98 Å². The Bertz CT molecular complexity index is 423. The number of halogens is 3. The van der Waals surface area contributed by atoms with Gasteiger partial charge in [0.1, 0.15) is 0 Å². The van der Waals surface area contributed by atoms with Crippen LogP contribution in [0.4, 0.5) is 13.2 Å². The molecule has 0 bridgehead atoms. The van der Waals surface area contributed by atoms with Gasteiger partial charge in [0.15, 0.2) is 0 Å². The van der Waals surface area contributed by atoms with Crippen LogP contribution in [-0.2, 0) is 6.18 Å². The Morgan fingerprint density at radius 3 is 2.47 bits per heavy atom. The third-order valence-corrected chi connectivity index (χ3v) is 4.08. The molecule has 5 heteroatoms. The number of aromatic nitrogens is 1. The van der Waals surface area contributed by atoms with Crippen LogP contribution in [-0.4, -0.2) is 4.98 Å². The number of nitrogens with two attached hydrogens (primary N) is 1. The molecular weight excluding hydrogens is 253 g/mol. The van der Waals surface area contributed by atoms with Gasteiger partial charge in [-0.1, -0.05) is 19.8 Å². The number of hydrogen-bond donors (Lipinski definition) is 1. The Morgan fingerprint density at radius 1 is 1.26 bits per heavy atom. The number of pyridine rings is 1. The van der Waals surface area contributed by atoms with Crippen molar-refractivity contribution < 1.29 is 13.2 Å². The van der Waals surface area contributed by atoms with Crippen LogP contribution < -0.4 is 5.73 Å². The van der Waals surface area contributed by atoms with E-state index in [2.05, 4.69) is 11.9 Å². The maximum atomic E-state index is 13.0. The van der Waals surface area contributed by atoms with E-state index in [1.165, 1.54) is 12.4 Å². The van der Waals surface area contributed by atoms with E-state index in [-0.39, 0.29) is 11.5 Å². The lowest BCUT2D eigenvalue weighted by Crippen LogP contribution is -2.27. The van der Waals surface area contributed by atoms with E-state index >= 15 is 0 Å². The lowest BCUT2D eigenvalue weighted by Gasteiger charge is -2.31. The summed E-state index contributed by atoms with van der Waals surface area (Å²) in [7, 11) is 0. The molecule has 0 saturated heterocycles. The smallest absolute Gasteiger partial charge is 0.324 e. The predicted octanol–water partition coefficient (Wildman–Crippen LogP) is 3.93. The molecular formula is C14H19F3N2. The maximum Gasteiger partial charge on any atom is 0.416 e. The molecule has 0 spiro atoms. The fraction of sp³-hybridized carbons (Fsp3) is 0.643. The molecule has 0 radical (unpaired) electrons. The molecule has 1 atom stereocenters. The molecule has 1 saturated carbocycles. The largest absolute Gasteiger partial charge is 0.416 e. The van der Waals surface area contributed by atoms with Gasteiger partial charge in [-0.15, -0.1) is 0 Å². The summed E-state index contributed by atoms with van der Waals surface area (Å²) in [5.41, 5.74) is 5.56. The maximum absolute atomic E-state index is 13.0. The molecule has 0 aromatic carbocycles. The summed E-state index contributed by atoms with van der Waals surface area (Å²) >= 11 is 0. The molecule has 2 rings (SSSR count). The molecule has 0 amide bonds.